The average Bonchev–Trinajstić information content (AvgIpc) is 1.59. The van der Waals surface area contributed by atoms with Crippen molar-refractivity contribution >= 4 is 14.7 Å². The molecule has 0 aliphatic heterocycles. The first-order valence-electron chi connectivity index (χ1n) is 2.40. The second-order valence-electron chi connectivity index (χ2n) is 2.45. The van der Waals surface area contributed by atoms with Gasteiger partial charge in [-0.2, -0.15) is 0 Å². The van der Waals surface area contributed by atoms with Crippen LogP contribution in [0.3, 0.4) is 0 Å². The van der Waals surface area contributed by atoms with Crippen LogP contribution in [0.25, 0.3) is 5.53 Å². The minimum Gasteiger partial charge on any atom is -0.493 e. The van der Waals surface area contributed by atoms with Crippen molar-refractivity contribution in [2.75, 3.05) is 0 Å². The van der Waals surface area contributed by atoms with E-state index in [9.17, 15) is 0 Å². The molecule has 0 aromatic rings. The van der Waals surface area contributed by atoms with E-state index in [1.54, 1.807) is 0 Å². The summed E-state index contributed by atoms with van der Waals surface area (Å²) < 4.78 is 4.98. The first kappa shape index (κ1) is 7.40. The monoisotopic (exact) mass is 130 g/mol. The summed E-state index contributed by atoms with van der Waals surface area (Å²) in [5.74, 6) is 0. The minimum atomic E-state index is -1.49. The molecule has 0 saturated carbocycles. The van der Waals surface area contributed by atoms with Gasteiger partial charge in [0.15, 0.2) is 0 Å². The van der Waals surface area contributed by atoms with Crippen molar-refractivity contribution in [1.82, 2.24) is 0 Å². The van der Waals surface area contributed by atoms with Crippen molar-refractivity contribution in [1.29, 1.82) is 0 Å². The van der Waals surface area contributed by atoms with Crippen LogP contribution in [0.5, 0.6) is 0 Å². The molecule has 0 aromatic carbocycles. The molecule has 0 rings (SSSR count). The lowest BCUT2D eigenvalue weighted by Gasteiger charge is -2.09. The lowest BCUT2D eigenvalue weighted by atomic mass is 11.6. The second kappa shape index (κ2) is 2.64. The molecule has 8 heavy (non-hydrogen) atoms. The van der Waals surface area contributed by atoms with Crippen LogP contribution in [0.1, 0.15) is 0 Å². The largest absolute Gasteiger partial charge is 0.493 e. The van der Waals surface area contributed by atoms with Gasteiger partial charge in [0.25, 0.3) is 8.32 Å². The molecule has 0 radical (unpaired) electrons. The van der Waals surface area contributed by atoms with Crippen LogP contribution < -0.4 is 0 Å². The van der Waals surface area contributed by atoms with Crippen molar-refractivity contribution in [2.24, 2.45) is 0 Å². The standard InChI is InChI=1S/C4H10N2OSi/c1-8(2,3)7-4-6-5/h4H,1-3H3. The summed E-state index contributed by atoms with van der Waals surface area (Å²) in [5, 5.41) is 0. The Hall–Kier alpha value is -0.603. The van der Waals surface area contributed by atoms with E-state index in [0.29, 0.717) is 0 Å². The maximum Gasteiger partial charge on any atom is 0.425 e. The van der Waals surface area contributed by atoms with Crippen LogP contribution >= 0.6 is 0 Å². The molecule has 0 aliphatic carbocycles. The van der Waals surface area contributed by atoms with Gasteiger partial charge >= 0.3 is 6.40 Å². The van der Waals surface area contributed by atoms with E-state index in [1.807, 2.05) is 19.6 Å². The number of hydrogen-bond acceptors (Lipinski definition) is 1. The van der Waals surface area contributed by atoms with Crippen molar-refractivity contribution in [3.8, 4) is 0 Å². The predicted molar refractivity (Wildman–Crippen MR) is 34.1 cm³/mol. The van der Waals surface area contributed by atoms with Gasteiger partial charge < -0.3 is 9.96 Å². The fraction of sp³-hybridized carbons (Fsp3) is 0.750. The molecule has 0 spiro atoms. The van der Waals surface area contributed by atoms with Gasteiger partial charge in [0.2, 0.25) is 0 Å². The minimum absolute atomic E-state index is 1.08. The zero-order chi connectivity index (χ0) is 6.62. The topological polar surface area (TPSA) is 45.6 Å². The zero-order valence-electron chi connectivity index (χ0n) is 5.38. The molecule has 0 aliphatic rings. The molecule has 0 N–H and O–H groups in total. The van der Waals surface area contributed by atoms with Crippen molar-refractivity contribution in [3.05, 3.63) is 5.53 Å². The molecule has 0 atom stereocenters. The Morgan fingerprint density at radius 3 is 2.12 bits per heavy atom. The molecule has 3 nitrogen and oxygen atoms in total. The summed E-state index contributed by atoms with van der Waals surface area (Å²) >= 11 is 0. The van der Waals surface area contributed by atoms with Crippen LogP contribution in [-0.2, 0) is 4.43 Å². The first-order valence-corrected chi connectivity index (χ1v) is 5.81. The molecule has 0 unspecified atom stereocenters. The Morgan fingerprint density at radius 2 is 2.00 bits per heavy atom. The molecule has 0 amide bonds. The number of nitrogens with zero attached hydrogens (tertiary/aromatic N) is 2. The molecule has 46 valence electrons. The summed E-state index contributed by atoms with van der Waals surface area (Å²) in [5.41, 5.74) is 7.90. The average molecular weight is 130 g/mol. The van der Waals surface area contributed by atoms with Gasteiger partial charge in [0.05, 0.1) is 0 Å². The summed E-state index contributed by atoms with van der Waals surface area (Å²) in [6, 6.07) is 0. The van der Waals surface area contributed by atoms with E-state index in [-0.39, 0.29) is 0 Å². The van der Waals surface area contributed by atoms with Crippen LogP contribution in [0.15, 0.2) is 0 Å². The molecular formula is C4H10N2OSi. The molecule has 0 heterocycles. The third-order valence-electron chi connectivity index (χ3n) is 0.453. The maximum atomic E-state index is 7.90. The van der Waals surface area contributed by atoms with Crippen molar-refractivity contribution in [2.45, 2.75) is 19.6 Å². The van der Waals surface area contributed by atoms with Gasteiger partial charge in [-0.1, -0.05) is 0 Å². The van der Waals surface area contributed by atoms with E-state index >= 15 is 0 Å². The molecule has 4 heteroatoms. The highest BCUT2D eigenvalue weighted by atomic mass is 28.4. The lowest BCUT2D eigenvalue weighted by Crippen LogP contribution is -2.24. The SMILES string of the molecule is C[Si](C)(C)OC=[N+]=[N-]. The van der Waals surface area contributed by atoms with Crippen molar-refractivity contribution in [3.63, 3.8) is 0 Å². The molecule has 0 fully saturated rings. The van der Waals surface area contributed by atoms with Gasteiger partial charge in [-0.25, -0.2) is 0 Å². The van der Waals surface area contributed by atoms with Crippen molar-refractivity contribution < 1.29 is 9.22 Å². The van der Waals surface area contributed by atoms with Crippen LogP contribution in [0.4, 0.5) is 0 Å². The Kier molecular flexibility index (Phi) is 2.44. The summed E-state index contributed by atoms with van der Waals surface area (Å²) in [6.45, 7) is 6.03. The third kappa shape index (κ3) is 5.40. The molecule has 0 saturated heterocycles. The predicted octanol–water partition coefficient (Wildman–Crippen LogP) is 1.10. The molecule has 0 bridgehead atoms. The van der Waals surface area contributed by atoms with Gasteiger partial charge in [0, 0.05) is 0 Å². The van der Waals surface area contributed by atoms with Crippen LogP contribution in [0, 0.1) is 0 Å². The quantitative estimate of drug-likeness (QED) is 0.181. The van der Waals surface area contributed by atoms with E-state index < -0.39 is 8.32 Å². The van der Waals surface area contributed by atoms with Gasteiger partial charge in [-0.05, 0) is 19.6 Å². The van der Waals surface area contributed by atoms with E-state index in [1.165, 1.54) is 0 Å². The second-order valence-corrected chi connectivity index (χ2v) is 6.91. The zero-order valence-corrected chi connectivity index (χ0v) is 6.38. The van der Waals surface area contributed by atoms with Crippen LogP contribution in [-0.4, -0.2) is 19.5 Å². The normalized spacial score (nSPS) is 9.88. The Balaban J connectivity index is 3.55. The summed E-state index contributed by atoms with van der Waals surface area (Å²) in [7, 11) is -1.49. The van der Waals surface area contributed by atoms with E-state index in [4.69, 9.17) is 9.96 Å². The highest BCUT2D eigenvalue weighted by molar-refractivity contribution is 6.70. The van der Waals surface area contributed by atoms with E-state index in [2.05, 4.69) is 4.79 Å². The fourth-order valence-electron chi connectivity index (χ4n) is 0.182. The summed E-state index contributed by atoms with van der Waals surface area (Å²) in [4.78, 5) is 2.71. The van der Waals surface area contributed by atoms with Gasteiger partial charge in [-0.15, -0.1) is 4.79 Å². The van der Waals surface area contributed by atoms with Crippen LogP contribution in [0.2, 0.25) is 19.6 Å². The molecule has 0 aromatic heterocycles. The lowest BCUT2D eigenvalue weighted by molar-refractivity contribution is -0.0157. The molecular weight excluding hydrogens is 120 g/mol. The van der Waals surface area contributed by atoms with E-state index in [0.717, 1.165) is 6.40 Å². The van der Waals surface area contributed by atoms with Gasteiger partial charge in [-0.3, -0.25) is 0 Å². The smallest absolute Gasteiger partial charge is 0.425 e. The Labute approximate surface area is 50.0 Å². The Morgan fingerprint density at radius 1 is 1.50 bits per heavy atom. The third-order valence-corrected chi connectivity index (χ3v) is 1.27. The maximum absolute atomic E-state index is 7.90. The highest BCUT2D eigenvalue weighted by Crippen LogP contribution is 1.98. The summed E-state index contributed by atoms with van der Waals surface area (Å²) in [6.07, 6.45) is 1.08. The highest BCUT2D eigenvalue weighted by Gasteiger charge is 2.14. The first-order chi connectivity index (χ1) is 3.56. The number of rotatable bonds is 2. The Bertz CT molecular complexity index is 112. The fourth-order valence-corrected chi connectivity index (χ4v) is 0.545. The van der Waals surface area contributed by atoms with Gasteiger partial charge in [0.1, 0.15) is 0 Å². The number of hydrogen-bond donors (Lipinski definition) is 0.